The minimum atomic E-state index is 0.281. The summed E-state index contributed by atoms with van der Waals surface area (Å²) in [6.45, 7) is 7.88. The standard InChI is InChI=1S/C16H28N4/c1-12(2)10-18-16(17)19-11-15(20(4)5)14-8-6-13(3)7-9-14/h6-9,12,15H,10-11H2,1-5H3,(H3,17,18,19). The molecule has 0 amide bonds. The first-order valence-corrected chi connectivity index (χ1v) is 7.17. The third-order valence-corrected chi connectivity index (χ3v) is 3.19. The van der Waals surface area contributed by atoms with Crippen molar-refractivity contribution < 1.29 is 0 Å². The van der Waals surface area contributed by atoms with Crippen LogP contribution in [0.5, 0.6) is 0 Å². The number of nitrogens with two attached hydrogens (primary N) is 1. The average Bonchev–Trinajstić information content (AvgIpc) is 2.38. The first kappa shape index (κ1) is 16.5. The largest absolute Gasteiger partial charge is 0.370 e. The zero-order valence-electron chi connectivity index (χ0n) is 13.4. The Morgan fingerprint density at radius 1 is 1.25 bits per heavy atom. The summed E-state index contributed by atoms with van der Waals surface area (Å²) < 4.78 is 0. The van der Waals surface area contributed by atoms with Gasteiger partial charge in [-0.3, -0.25) is 4.99 Å². The number of hydrogen-bond acceptors (Lipinski definition) is 2. The molecule has 0 aliphatic heterocycles. The van der Waals surface area contributed by atoms with Gasteiger partial charge in [-0.05, 0) is 32.5 Å². The van der Waals surface area contributed by atoms with Crippen LogP contribution in [0.15, 0.2) is 29.3 Å². The summed E-state index contributed by atoms with van der Waals surface area (Å²) in [4.78, 5) is 6.52. The van der Waals surface area contributed by atoms with Crippen LogP contribution in [0, 0.1) is 12.8 Å². The maximum atomic E-state index is 5.89. The van der Waals surface area contributed by atoms with E-state index in [1.54, 1.807) is 0 Å². The van der Waals surface area contributed by atoms with Crippen molar-refractivity contribution in [3.63, 3.8) is 0 Å². The molecule has 1 unspecified atom stereocenters. The number of guanidine groups is 1. The molecule has 0 fully saturated rings. The molecule has 20 heavy (non-hydrogen) atoms. The van der Waals surface area contributed by atoms with Gasteiger partial charge in [0.05, 0.1) is 6.04 Å². The van der Waals surface area contributed by atoms with Gasteiger partial charge in [0, 0.05) is 13.1 Å². The number of likely N-dealkylation sites (N-methyl/N-ethyl adjacent to an activating group) is 1. The highest BCUT2D eigenvalue weighted by Gasteiger charge is 2.13. The van der Waals surface area contributed by atoms with E-state index in [0.29, 0.717) is 11.9 Å². The minimum Gasteiger partial charge on any atom is -0.370 e. The van der Waals surface area contributed by atoms with Gasteiger partial charge in [0.2, 0.25) is 0 Å². The molecule has 0 saturated heterocycles. The lowest BCUT2D eigenvalue weighted by atomic mass is 10.0. The van der Waals surface area contributed by atoms with Gasteiger partial charge >= 0.3 is 0 Å². The number of hydrogen-bond donors (Lipinski definition) is 2. The average molecular weight is 276 g/mol. The van der Waals surface area contributed by atoms with Crippen LogP contribution >= 0.6 is 0 Å². The van der Waals surface area contributed by atoms with Crippen molar-refractivity contribution in [1.29, 1.82) is 0 Å². The molecule has 0 aliphatic rings. The molecule has 4 nitrogen and oxygen atoms in total. The number of aliphatic imine (C=N–C) groups is 1. The number of nitrogens with zero attached hydrogens (tertiary/aromatic N) is 2. The lowest BCUT2D eigenvalue weighted by Crippen LogP contribution is -2.38. The zero-order valence-corrected chi connectivity index (χ0v) is 13.4. The molecule has 3 N–H and O–H groups in total. The van der Waals surface area contributed by atoms with E-state index in [-0.39, 0.29) is 6.04 Å². The Morgan fingerprint density at radius 3 is 2.35 bits per heavy atom. The summed E-state index contributed by atoms with van der Waals surface area (Å²) in [7, 11) is 4.15. The molecule has 0 radical (unpaired) electrons. The first-order chi connectivity index (χ1) is 9.40. The molecule has 1 aromatic rings. The molecule has 0 aromatic heterocycles. The third kappa shape index (κ3) is 5.61. The molecule has 0 heterocycles. The van der Waals surface area contributed by atoms with Crippen molar-refractivity contribution in [1.82, 2.24) is 10.2 Å². The lowest BCUT2D eigenvalue weighted by molar-refractivity contribution is 0.298. The van der Waals surface area contributed by atoms with E-state index in [1.165, 1.54) is 11.1 Å². The van der Waals surface area contributed by atoms with E-state index in [1.807, 2.05) is 0 Å². The fourth-order valence-corrected chi connectivity index (χ4v) is 1.93. The van der Waals surface area contributed by atoms with Crippen LogP contribution in [0.2, 0.25) is 0 Å². The highest BCUT2D eigenvalue weighted by molar-refractivity contribution is 5.77. The Balaban J connectivity index is 2.64. The van der Waals surface area contributed by atoms with Gasteiger partial charge in [-0.1, -0.05) is 43.7 Å². The number of rotatable bonds is 6. The van der Waals surface area contributed by atoms with Gasteiger partial charge in [0.1, 0.15) is 0 Å². The number of nitrogens with one attached hydrogen (secondary N) is 1. The monoisotopic (exact) mass is 276 g/mol. The minimum absolute atomic E-state index is 0.281. The molecule has 1 atom stereocenters. The maximum Gasteiger partial charge on any atom is 0.188 e. The van der Waals surface area contributed by atoms with Crippen LogP contribution < -0.4 is 11.1 Å². The second-order valence-electron chi connectivity index (χ2n) is 5.89. The van der Waals surface area contributed by atoms with Gasteiger partial charge in [-0.15, -0.1) is 0 Å². The van der Waals surface area contributed by atoms with Crippen molar-refractivity contribution in [3.8, 4) is 0 Å². The van der Waals surface area contributed by atoms with Crippen molar-refractivity contribution >= 4 is 5.96 Å². The Hall–Kier alpha value is -1.55. The topological polar surface area (TPSA) is 53.6 Å². The molecule has 4 heteroatoms. The number of aryl methyl sites for hydroxylation is 1. The molecule has 1 rings (SSSR count). The predicted molar refractivity (Wildman–Crippen MR) is 86.9 cm³/mol. The van der Waals surface area contributed by atoms with Crippen molar-refractivity contribution in [2.24, 2.45) is 16.6 Å². The predicted octanol–water partition coefficient (Wildman–Crippen LogP) is 2.16. The summed E-state index contributed by atoms with van der Waals surface area (Å²) in [6.07, 6.45) is 0. The van der Waals surface area contributed by atoms with Crippen LogP contribution in [0.1, 0.15) is 31.0 Å². The molecular formula is C16H28N4. The van der Waals surface area contributed by atoms with Crippen molar-refractivity contribution in [3.05, 3.63) is 35.4 Å². The summed E-state index contributed by atoms with van der Waals surface area (Å²) in [5.74, 6) is 1.05. The molecule has 0 saturated carbocycles. The summed E-state index contributed by atoms with van der Waals surface area (Å²) in [5, 5.41) is 3.22. The molecule has 1 aromatic carbocycles. The van der Waals surface area contributed by atoms with E-state index in [0.717, 1.165) is 13.1 Å². The van der Waals surface area contributed by atoms with Gasteiger partial charge in [-0.25, -0.2) is 0 Å². The van der Waals surface area contributed by atoms with E-state index in [4.69, 9.17) is 5.73 Å². The van der Waals surface area contributed by atoms with Crippen LogP contribution in [0.25, 0.3) is 0 Å². The second-order valence-corrected chi connectivity index (χ2v) is 5.89. The van der Waals surface area contributed by atoms with Crippen LogP contribution in [-0.4, -0.2) is 38.0 Å². The van der Waals surface area contributed by atoms with Gasteiger partial charge in [-0.2, -0.15) is 0 Å². The Kier molecular flexibility index (Phi) is 6.52. The summed E-state index contributed by atoms with van der Waals surface area (Å²) >= 11 is 0. The van der Waals surface area contributed by atoms with E-state index in [2.05, 4.69) is 74.3 Å². The Bertz CT molecular complexity index is 421. The molecular weight excluding hydrogens is 248 g/mol. The van der Waals surface area contributed by atoms with Crippen molar-refractivity contribution in [2.75, 3.05) is 27.2 Å². The molecule has 0 aliphatic carbocycles. The highest BCUT2D eigenvalue weighted by atomic mass is 15.2. The summed E-state index contributed by atoms with van der Waals surface area (Å²) in [6, 6.07) is 8.90. The fourth-order valence-electron chi connectivity index (χ4n) is 1.93. The quantitative estimate of drug-likeness (QED) is 0.618. The molecule has 112 valence electrons. The van der Waals surface area contributed by atoms with Crippen LogP contribution in [-0.2, 0) is 0 Å². The smallest absolute Gasteiger partial charge is 0.188 e. The SMILES string of the molecule is Cc1ccc(C(CNC(N)=NCC(C)C)N(C)C)cc1. The second kappa shape index (κ2) is 7.90. The van der Waals surface area contributed by atoms with Gasteiger partial charge in [0.15, 0.2) is 5.96 Å². The normalized spacial score (nSPS) is 13.8. The van der Waals surface area contributed by atoms with Crippen LogP contribution in [0.4, 0.5) is 0 Å². The summed E-state index contributed by atoms with van der Waals surface area (Å²) in [5.41, 5.74) is 8.45. The van der Waals surface area contributed by atoms with E-state index < -0.39 is 0 Å². The van der Waals surface area contributed by atoms with Crippen LogP contribution in [0.3, 0.4) is 0 Å². The first-order valence-electron chi connectivity index (χ1n) is 7.17. The van der Waals surface area contributed by atoms with Gasteiger partial charge < -0.3 is 16.0 Å². The molecule has 0 bridgehead atoms. The Morgan fingerprint density at radius 2 is 1.85 bits per heavy atom. The zero-order chi connectivity index (χ0) is 15.1. The van der Waals surface area contributed by atoms with Crippen molar-refractivity contribution in [2.45, 2.75) is 26.8 Å². The third-order valence-electron chi connectivity index (χ3n) is 3.19. The lowest BCUT2D eigenvalue weighted by Gasteiger charge is -2.25. The van der Waals surface area contributed by atoms with E-state index in [9.17, 15) is 0 Å². The van der Waals surface area contributed by atoms with Gasteiger partial charge in [0.25, 0.3) is 0 Å². The number of benzene rings is 1. The maximum absolute atomic E-state index is 5.89. The molecule has 0 spiro atoms. The highest BCUT2D eigenvalue weighted by Crippen LogP contribution is 2.17. The van der Waals surface area contributed by atoms with E-state index >= 15 is 0 Å². The fraction of sp³-hybridized carbons (Fsp3) is 0.562. The Labute approximate surface area is 123 Å².